The average molecular weight is 368 g/mol. The number of esters is 1. The van der Waals surface area contributed by atoms with Gasteiger partial charge in [0.25, 0.3) is 0 Å². The van der Waals surface area contributed by atoms with Crippen molar-refractivity contribution in [2.45, 2.75) is 13.8 Å². The van der Waals surface area contributed by atoms with Crippen molar-refractivity contribution in [1.29, 1.82) is 0 Å². The molecule has 2 aromatic carbocycles. The van der Waals surface area contributed by atoms with Crippen molar-refractivity contribution in [1.82, 2.24) is 0 Å². The Morgan fingerprint density at radius 3 is 2.56 bits per heavy atom. The van der Waals surface area contributed by atoms with Crippen LogP contribution in [0.3, 0.4) is 0 Å². The van der Waals surface area contributed by atoms with Crippen molar-refractivity contribution in [3.05, 3.63) is 53.3 Å². The highest BCUT2D eigenvalue weighted by atomic mass is 16.5. The quantitative estimate of drug-likeness (QED) is 0.453. The lowest BCUT2D eigenvalue weighted by molar-refractivity contribution is -0.137. The van der Waals surface area contributed by atoms with Crippen LogP contribution in [0.4, 0.5) is 0 Å². The van der Waals surface area contributed by atoms with Gasteiger partial charge < -0.3 is 18.9 Å². The van der Waals surface area contributed by atoms with E-state index >= 15 is 0 Å². The van der Waals surface area contributed by atoms with Gasteiger partial charge in [-0.05, 0) is 24.3 Å². The fourth-order valence-electron chi connectivity index (χ4n) is 2.63. The van der Waals surface area contributed by atoms with E-state index in [1.54, 1.807) is 57.4 Å². The summed E-state index contributed by atoms with van der Waals surface area (Å²) in [4.78, 5) is 24.4. The highest BCUT2D eigenvalue weighted by Crippen LogP contribution is 2.37. The molecule has 0 aromatic heterocycles. The normalized spacial score (nSPS) is 14.1. The van der Waals surface area contributed by atoms with Gasteiger partial charge in [0, 0.05) is 11.6 Å². The van der Waals surface area contributed by atoms with Crippen LogP contribution in [0.25, 0.3) is 6.08 Å². The van der Waals surface area contributed by atoms with Crippen molar-refractivity contribution >= 4 is 17.8 Å². The molecule has 6 heteroatoms. The third kappa shape index (κ3) is 3.65. The number of ether oxygens (including phenoxy) is 4. The minimum absolute atomic E-state index is 0.156. The third-order valence-corrected chi connectivity index (χ3v) is 4.05. The Hall–Kier alpha value is -3.28. The van der Waals surface area contributed by atoms with Crippen molar-refractivity contribution < 1.29 is 28.5 Å². The first-order valence-corrected chi connectivity index (χ1v) is 8.45. The summed E-state index contributed by atoms with van der Waals surface area (Å²) in [5.41, 5.74) is 1.06. The largest absolute Gasteiger partial charge is 0.493 e. The van der Waals surface area contributed by atoms with E-state index in [1.807, 2.05) is 0 Å². The maximum Gasteiger partial charge on any atom is 0.313 e. The molecule has 0 aliphatic carbocycles. The number of rotatable bonds is 5. The monoisotopic (exact) mass is 368 g/mol. The summed E-state index contributed by atoms with van der Waals surface area (Å²) in [6, 6.07) is 10.1. The van der Waals surface area contributed by atoms with Gasteiger partial charge in [0.1, 0.15) is 11.5 Å². The zero-order valence-electron chi connectivity index (χ0n) is 15.6. The summed E-state index contributed by atoms with van der Waals surface area (Å²) >= 11 is 0. The molecule has 6 nitrogen and oxygen atoms in total. The Balaban J connectivity index is 1.91. The van der Waals surface area contributed by atoms with E-state index in [1.165, 1.54) is 13.2 Å². The number of hydrogen-bond acceptors (Lipinski definition) is 6. The zero-order chi connectivity index (χ0) is 19.6. The van der Waals surface area contributed by atoms with Crippen molar-refractivity contribution in [2.24, 2.45) is 5.92 Å². The van der Waals surface area contributed by atoms with Gasteiger partial charge in [-0.15, -0.1) is 0 Å². The molecule has 140 valence electrons. The van der Waals surface area contributed by atoms with Crippen LogP contribution in [0.2, 0.25) is 0 Å². The molecule has 0 atom stereocenters. The highest BCUT2D eigenvalue weighted by molar-refractivity contribution is 6.14. The number of methoxy groups -OCH3 is 2. The molecule has 1 aliphatic heterocycles. The van der Waals surface area contributed by atoms with Crippen LogP contribution >= 0.6 is 0 Å². The summed E-state index contributed by atoms with van der Waals surface area (Å²) < 4.78 is 21.6. The van der Waals surface area contributed by atoms with Crippen LogP contribution in [0.1, 0.15) is 29.8 Å². The van der Waals surface area contributed by atoms with Crippen LogP contribution in [-0.4, -0.2) is 26.0 Å². The van der Waals surface area contributed by atoms with E-state index in [0.717, 1.165) is 0 Å². The van der Waals surface area contributed by atoms with Crippen LogP contribution in [0.15, 0.2) is 42.2 Å². The number of Topliss-reactive ketones (excluding diaryl/α,β-unsaturated/α-hetero) is 1. The van der Waals surface area contributed by atoms with E-state index in [-0.39, 0.29) is 23.4 Å². The molecule has 27 heavy (non-hydrogen) atoms. The number of fused-ring (bicyclic) bond motifs is 1. The molecule has 0 unspecified atom stereocenters. The fraction of sp³-hybridized carbons (Fsp3) is 0.238. The number of allylic oxidation sites excluding steroid dienone is 1. The molecule has 0 radical (unpaired) electrons. The summed E-state index contributed by atoms with van der Waals surface area (Å²) in [5.74, 6) is 1.04. The van der Waals surface area contributed by atoms with E-state index in [2.05, 4.69) is 0 Å². The van der Waals surface area contributed by atoms with Crippen LogP contribution < -0.4 is 18.9 Å². The molecule has 3 rings (SSSR count). The lowest BCUT2D eigenvalue weighted by Crippen LogP contribution is -2.14. The topological polar surface area (TPSA) is 71.1 Å². The molecule has 0 saturated heterocycles. The van der Waals surface area contributed by atoms with Crippen LogP contribution in [-0.2, 0) is 4.79 Å². The van der Waals surface area contributed by atoms with Crippen LogP contribution in [0.5, 0.6) is 23.0 Å². The maximum atomic E-state index is 12.6. The van der Waals surface area contributed by atoms with Crippen LogP contribution in [0, 0.1) is 5.92 Å². The molecule has 0 spiro atoms. The third-order valence-electron chi connectivity index (χ3n) is 4.05. The second-order valence-corrected chi connectivity index (χ2v) is 6.26. The minimum atomic E-state index is -0.351. The van der Waals surface area contributed by atoms with Gasteiger partial charge in [0.2, 0.25) is 5.78 Å². The second-order valence-electron chi connectivity index (χ2n) is 6.26. The smallest absolute Gasteiger partial charge is 0.313 e. The SMILES string of the molecule is COc1cccc(C=C2Oc3cc(OC(=O)C(C)C)ccc3C2=O)c1OC. The Morgan fingerprint density at radius 2 is 1.89 bits per heavy atom. The van der Waals surface area contributed by atoms with E-state index in [4.69, 9.17) is 18.9 Å². The molecule has 0 fully saturated rings. The van der Waals surface area contributed by atoms with Gasteiger partial charge in [0.15, 0.2) is 17.3 Å². The summed E-state index contributed by atoms with van der Waals surface area (Å²) in [6.07, 6.45) is 1.60. The summed E-state index contributed by atoms with van der Waals surface area (Å²) in [5, 5.41) is 0. The second kappa shape index (κ2) is 7.53. The lowest BCUT2D eigenvalue weighted by Gasteiger charge is -2.10. The Morgan fingerprint density at radius 1 is 1.11 bits per heavy atom. The molecule has 1 heterocycles. The summed E-state index contributed by atoms with van der Waals surface area (Å²) in [7, 11) is 3.07. The van der Waals surface area contributed by atoms with Gasteiger partial charge in [-0.1, -0.05) is 26.0 Å². The van der Waals surface area contributed by atoms with Gasteiger partial charge in [0.05, 0.1) is 25.7 Å². The van der Waals surface area contributed by atoms with Crippen molar-refractivity contribution in [3.63, 3.8) is 0 Å². The molecular formula is C21H20O6. The van der Waals surface area contributed by atoms with E-state index < -0.39 is 0 Å². The lowest BCUT2D eigenvalue weighted by atomic mass is 10.1. The first-order valence-electron chi connectivity index (χ1n) is 8.45. The molecule has 0 N–H and O–H groups in total. The Labute approximate surface area is 157 Å². The first kappa shape index (κ1) is 18.5. The van der Waals surface area contributed by atoms with Crippen molar-refractivity contribution in [3.8, 4) is 23.0 Å². The van der Waals surface area contributed by atoms with Gasteiger partial charge in [-0.3, -0.25) is 9.59 Å². The predicted octanol–water partition coefficient (Wildman–Crippen LogP) is 3.88. The van der Waals surface area contributed by atoms with Gasteiger partial charge in [-0.2, -0.15) is 0 Å². The fourth-order valence-corrected chi connectivity index (χ4v) is 2.63. The highest BCUT2D eigenvalue weighted by Gasteiger charge is 2.28. The first-order chi connectivity index (χ1) is 12.9. The Bertz CT molecular complexity index is 926. The molecule has 1 aliphatic rings. The number of carbonyl (C=O) groups is 2. The predicted molar refractivity (Wildman–Crippen MR) is 99.4 cm³/mol. The number of para-hydroxylation sites is 1. The standard InChI is InChI=1S/C21H20O6/c1-12(2)21(23)26-14-8-9-15-17(11-14)27-18(19(15)22)10-13-6-5-7-16(24-3)20(13)25-4/h5-12H,1-4H3. The number of carbonyl (C=O) groups excluding carboxylic acids is 2. The van der Waals surface area contributed by atoms with E-state index in [0.29, 0.717) is 34.1 Å². The molecular weight excluding hydrogens is 348 g/mol. The van der Waals surface area contributed by atoms with E-state index in [9.17, 15) is 9.59 Å². The maximum absolute atomic E-state index is 12.6. The number of ketones is 1. The van der Waals surface area contributed by atoms with Gasteiger partial charge in [-0.25, -0.2) is 0 Å². The number of hydrogen-bond donors (Lipinski definition) is 0. The van der Waals surface area contributed by atoms with Gasteiger partial charge >= 0.3 is 5.97 Å². The molecule has 0 bridgehead atoms. The number of benzene rings is 2. The Kier molecular flexibility index (Phi) is 5.16. The average Bonchev–Trinajstić information content (AvgIpc) is 2.96. The molecule has 0 saturated carbocycles. The van der Waals surface area contributed by atoms with Crippen molar-refractivity contribution in [2.75, 3.05) is 14.2 Å². The zero-order valence-corrected chi connectivity index (χ0v) is 15.6. The molecule has 2 aromatic rings. The minimum Gasteiger partial charge on any atom is -0.493 e. The molecule has 0 amide bonds. The summed E-state index contributed by atoms with van der Waals surface area (Å²) in [6.45, 7) is 3.50.